The third kappa shape index (κ3) is 2.98. The summed E-state index contributed by atoms with van der Waals surface area (Å²) < 4.78 is 26.6. The minimum atomic E-state index is -3.38. The number of alkyl halides is 1. The van der Waals surface area contributed by atoms with Crippen molar-refractivity contribution < 1.29 is 8.42 Å². The van der Waals surface area contributed by atoms with Crippen molar-refractivity contribution in [1.29, 1.82) is 0 Å². The Bertz CT molecular complexity index is 439. The van der Waals surface area contributed by atoms with Crippen LogP contribution in [-0.4, -0.2) is 31.1 Å². The number of hydrogen-bond acceptors (Lipinski definition) is 3. The molecule has 0 fully saturated rings. The molecular formula is C9H13BrClNO2S2. The zero-order valence-electron chi connectivity index (χ0n) is 9.03. The fourth-order valence-corrected chi connectivity index (χ4v) is 5.20. The number of halogens is 2. The predicted octanol–water partition coefficient (Wildman–Crippen LogP) is 3.12. The summed E-state index contributed by atoms with van der Waals surface area (Å²) in [6, 6.07) is 1.62. The van der Waals surface area contributed by atoms with Crippen LogP contribution in [0.2, 0.25) is 4.34 Å². The van der Waals surface area contributed by atoms with Gasteiger partial charge in [0, 0.05) is 18.4 Å². The van der Waals surface area contributed by atoms with Crippen molar-refractivity contribution in [2.24, 2.45) is 0 Å². The number of hydrogen-bond donors (Lipinski definition) is 0. The molecule has 1 heterocycles. The van der Waals surface area contributed by atoms with Crippen LogP contribution in [-0.2, 0) is 10.0 Å². The van der Waals surface area contributed by atoms with Crippen molar-refractivity contribution in [2.75, 3.05) is 18.4 Å². The summed E-state index contributed by atoms with van der Waals surface area (Å²) in [6.45, 7) is 4.55. The lowest BCUT2D eigenvalue weighted by Gasteiger charge is -2.17. The minimum Gasteiger partial charge on any atom is -0.206 e. The third-order valence-corrected chi connectivity index (χ3v) is 6.45. The molecule has 0 aliphatic rings. The number of thiophene rings is 1. The molecule has 0 bridgehead atoms. The Balaban J connectivity index is 3.09. The summed E-state index contributed by atoms with van der Waals surface area (Å²) in [5, 5.41) is 0.623. The van der Waals surface area contributed by atoms with E-state index in [2.05, 4.69) is 15.9 Å². The van der Waals surface area contributed by atoms with Crippen LogP contribution in [0.15, 0.2) is 10.3 Å². The maximum absolute atomic E-state index is 12.2. The first kappa shape index (κ1) is 14.4. The van der Waals surface area contributed by atoms with Crippen LogP contribution in [0.5, 0.6) is 0 Å². The Kier molecular flexibility index (Phi) is 5.25. The van der Waals surface area contributed by atoms with Crippen molar-refractivity contribution in [2.45, 2.75) is 18.1 Å². The van der Waals surface area contributed by atoms with E-state index < -0.39 is 10.0 Å². The molecule has 3 nitrogen and oxygen atoms in total. The lowest BCUT2D eigenvalue weighted by molar-refractivity contribution is 0.450. The van der Waals surface area contributed by atoms with Gasteiger partial charge >= 0.3 is 0 Å². The van der Waals surface area contributed by atoms with E-state index in [0.717, 1.165) is 16.9 Å². The summed E-state index contributed by atoms with van der Waals surface area (Å²) in [5.41, 5.74) is 0.806. The van der Waals surface area contributed by atoms with Crippen LogP contribution in [0.3, 0.4) is 0 Å². The fourth-order valence-electron chi connectivity index (χ4n) is 1.23. The average Bonchev–Trinajstić information content (AvgIpc) is 2.56. The van der Waals surface area contributed by atoms with Crippen LogP contribution in [0.25, 0.3) is 0 Å². The van der Waals surface area contributed by atoms with Gasteiger partial charge in [-0.3, -0.25) is 0 Å². The monoisotopic (exact) mass is 345 g/mol. The topological polar surface area (TPSA) is 37.4 Å². The van der Waals surface area contributed by atoms with Crippen LogP contribution in [0.4, 0.5) is 0 Å². The van der Waals surface area contributed by atoms with Gasteiger partial charge in [0.15, 0.2) is 0 Å². The van der Waals surface area contributed by atoms with Gasteiger partial charge in [0.05, 0.1) is 4.34 Å². The summed E-state index contributed by atoms with van der Waals surface area (Å²) >= 11 is 10.2. The zero-order valence-corrected chi connectivity index (χ0v) is 13.0. The average molecular weight is 347 g/mol. The number of rotatable bonds is 5. The maximum Gasteiger partial charge on any atom is 0.252 e. The molecule has 7 heteroatoms. The van der Waals surface area contributed by atoms with Crippen molar-refractivity contribution in [3.63, 3.8) is 0 Å². The van der Waals surface area contributed by atoms with Gasteiger partial charge in [0.2, 0.25) is 0 Å². The Morgan fingerprint density at radius 1 is 1.56 bits per heavy atom. The van der Waals surface area contributed by atoms with E-state index in [9.17, 15) is 8.42 Å². The van der Waals surface area contributed by atoms with Gasteiger partial charge in [-0.25, -0.2) is 8.42 Å². The van der Waals surface area contributed by atoms with Gasteiger partial charge in [-0.1, -0.05) is 34.5 Å². The van der Waals surface area contributed by atoms with E-state index in [0.29, 0.717) is 27.0 Å². The molecule has 1 aromatic rings. The van der Waals surface area contributed by atoms with E-state index in [-0.39, 0.29) is 0 Å². The van der Waals surface area contributed by atoms with Crippen molar-refractivity contribution in [3.8, 4) is 0 Å². The van der Waals surface area contributed by atoms with Gasteiger partial charge in [0.25, 0.3) is 10.0 Å². The highest BCUT2D eigenvalue weighted by molar-refractivity contribution is 9.09. The van der Waals surface area contributed by atoms with E-state index in [1.165, 1.54) is 4.31 Å². The molecule has 0 aromatic carbocycles. The van der Waals surface area contributed by atoms with E-state index in [4.69, 9.17) is 11.6 Å². The predicted molar refractivity (Wildman–Crippen MR) is 72.3 cm³/mol. The molecule has 0 atom stereocenters. The van der Waals surface area contributed by atoms with E-state index in [1.54, 1.807) is 13.0 Å². The molecule has 1 rings (SSSR count). The molecule has 0 unspecified atom stereocenters. The largest absolute Gasteiger partial charge is 0.252 e. The second-order valence-electron chi connectivity index (χ2n) is 3.21. The highest BCUT2D eigenvalue weighted by Crippen LogP contribution is 2.31. The van der Waals surface area contributed by atoms with Crippen molar-refractivity contribution in [1.82, 2.24) is 4.31 Å². The zero-order chi connectivity index (χ0) is 12.3. The first-order chi connectivity index (χ1) is 7.43. The van der Waals surface area contributed by atoms with E-state index in [1.807, 2.05) is 6.92 Å². The van der Waals surface area contributed by atoms with Gasteiger partial charge < -0.3 is 0 Å². The van der Waals surface area contributed by atoms with Gasteiger partial charge in [-0.15, -0.1) is 11.3 Å². The number of nitrogens with zero attached hydrogens (tertiary/aromatic N) is 1. The van der Waals surface area contributed by atoms with Crippen molar-refractivity contribution in [3.05, 3.63) is 16.0 Å². The third-order valence-electron chi connectivity index (χ3n) is 2.12. The lowest BCUT2D eigenvalue weighted by Crippen LogP contribution is -2.32. The second-order valence-corrected chi connectivity index (χ2v) is 7.82. The van der Waals surface area contributed by atoms with Gasteiger partial charge in [-0.05, 0) is 18.6 Å². The second kappa shape index (κ2) is 5.82. The molecule has 0 radical (unpaired) electrons. The maximum atomic E-state index is 12.2. The first-order valence-corrected chi connectivity index (χ1v) is 8.51. The molecule has 92 valence electrons. The molecule has 16 heavy (non-hydrogen) atoms. The molecule has 1 aromatic heterocycles. The summed E-state index contributed by atoms with van der Waals surface area (Å²) in [7, 11) is -3.38. The highest BCUT2D eigenvalue weighted by atomic mass is 79.9. The standard InChI is InChI=1S/C9H13BrClNO2S2/c1-3-12(5-4-10)16(13,14)8-6-7(2)9(11)15-8/h6H,3-5H2,1-2H3. The van der Waals surface area contributed by atoms with E-state index >= 15 is 0 Å². The Hall–Kier alpha value is 0.380. The molecular weight excluding hydrogens is 334 g/mol. The lowest BCUT2D eigenvalue weighted by atomic mass is 10.4. The molecule has 0 spiro atoms. The van der Waals surface area contributed by atoms with Crippen molar-refractivity contribution >= 4 is 48.9 Å². The van der Waals surface area contributed by atoms with Crippen LogP contribution in [0.1, 0.15) is 12.5 Å². The minimum absolute atomic E-state index is 0.317. The molecule has 0 amide bonds. The Morgan fingerprint density at radius 2 is 2.19 bits per heavy atom. The van der Waals surface area contributed by atoms with Gasteiger partial charge in [-0.2, -0.15) is 4.31 Å². The number of sulfonamides is 1. The van der Waals surface area contributed by atoms with Crippen LogP contribution < -0.4 is 0 Å². The normalized spacial score (nSPS) is 12.3. The summed E-state index contributed by atoms with van der Waals surface area (Å²) in [4.78, 5) is 0. The smallest absolute Gasteiger partial charge is 0.206 e. The molecule has 0 aliphatic carbocycles. The first-order valence-electron chi connectivity index (χ1n) is 4.75. The highest BCUT2D eigenvalue weighted by Gasteiger charge is 2.25. The Morgan fingerprint density at radius 3 is 2.56 bits per heavy atom. The summed E-state index contributed by atoms with van der Waals surface area (Å²) in [5.74, 6) is 0. The molecule has 0 saturated heterocycles. The van der Waals surface area contributed by atoms with Crippen LogP contribution >= 0.6 is 38.9 Å². The molecule has 0 aliphatic heterocycles. The molecule has 0 saturated carbocycles. The van der Waals surface area contributed by atoms with Crippen LogP contribution in [0, 0.1) is 6.92 Å². The summed E-state index contributed by atoms with van der Waals surface area (Å²) in [6.07, 6.45) is 0. The Labute approximate surface area is 114 Å². The molecule has 0 N–H and O–H groups in total. The van der Waals surface area contributed by atoms with Gasteiger partial charge in [0.1, 0.15) is 4.21 Å². The fraction of sp³-hybridized carbons (Fsp3) is 0.556. The quantitative estimate of drug-likeness (QED) is 0.768. The SMILES string of the molecule is CCN(CCBr)S(=O)(=O)c1cc(C)c(Cl)s1. The number of aryl methyl sites for hydroxylation is 1.